The molecule has 0 amide bonds. The SMILES string of the molecule is c1ccc(-c2ccc3ccc4ccc(-c5ccc(-c6ccc7cc(-c8ccc9nc(-c%10cccc%11cccnc%10%11)ccc9c8)ccc7n6)cc5)nc4c3n2)cc1.c1cnc2c(-c3ccc4cc(-c5ccc6nc(-c7ccc(-c8ccc9ccc%10cccnc%10c9n8)cc7)ccc6c5)ccc4n3)cccc2c1. The fraction of sp³-hybridized carbons (Fsp3) is 0. The number of aromatic nitrogens is 10. The third-order valence-electron chi connectivity index (χ3n) is 20.2. The van der Waals surface area contributed by atoms with Gasteiger partial charge < -0.3 is 0 Å². The van der Waals surface area contributed by atoms with E-state index in [9.17, 15) is 0 Å². The third kappa shape index (κ3) is 11.4. The maximum atomic E-state index is 5.14. The van der Waals surface area contributed by atoms with Gasteiger partial charge >= 0.3 is 0 Å². The Balaban J connectivity index is 0.000000141. The molecule has 106 heavy (non-hydrogen) atoms. The molecule has 0 aliphatic heterocycles. The first kappa shape index (κ1) is 61.4. The molecule has 0 aliphatic carbocycles. The van der Waals surface area contributed by atoms with E-state index < -0.39 is 0 Å². The van der Waals surface area contributed by atoms with Crippen molar-refractivity contribution in [3.8, 4) is 101 Å². The van der Waals surface area contributed by atoms with Crippen molar-refractivity contribution < 1.29 is 0 Å². The zero-order valence-corrected chi connectivity index (χ0v) is 57.0. The molecule has 0 N–H and O–H groups in total. The molecule has 0 radical (unpaired) electrons. The van der Waals surface area contributed by atoms with Crippen molar-refractivity contribution in [2.24, 2.45) is 0 Å². The number of para-hydroxylation sites is 2. The number of benzene rings is 11. The molecular formula is C96H58N10. The van der Waals surface area contributed by atoms with E-state index in [4.69, 9.17) is 34.9 Å². The molecule has 492 valence electrons. The molecular weight excluding hydrogens is 1290 g/mol. The number of pyridine rings is 10. The van der Waals surface area contributed by atoms with Crippen LogP contribution in [0, 0.1) is 0 Å². The molecule has 0 atom stereocenters. The van der Waals surface area contributed by atoms with Crippen LogP contribution < -0.4 is 0 Å². The second kappa shape index (κ2) is 25.8. The molecule has 10 heteroatoms. The number of hydrogen-bond acceptors (Lipinski definition) is 10. The quantitative estimate of drug-likeness (QED) is 0.129. The molecule has 0 aliphatic rings. The molecule has 0 fully saturated rings. The maximum Gasteiger partial charge on any atom is 0.0972 e. The Morgan fingerprint density at radius 2 is 0.396 bits per heavy atom. The predicted octanol–water partition coefficient (Wildman–Crippen LogP) is 23.9. The molecule has 10 aromatic heterocycles. The van der Waals surface area contributed by atoms with E-state index in [0.29, 0.717) is 0 Å². The summed E-state index contributed by atoms with van der Waals surface area (Å²) in [6, 6.07) is 116. The first-order chi connectivity index (χ1) is 52.4. The molecule has 21 rings (SSSR count). The first-order valence-corrected chi connectivity index (χ1v) is 35.4. The minimum atomic E-state index is 0.904. The molecule has 0 saturated carbocycles. The molecule has 0 unspecified atom stereocenters. The zero-order valence-electron chi connectivity index (χ0n) is 57.0. The van der Waals surface area contributed by atoms with E-state index in [1.165, 1.54) is 0 Å². The lowest BCUT2D eigenvalue weighted by atomic mass is 10.00. The van der Waals surface area contributed by atoms with Crippen molar-refractivity contribution in [2.45, 2.75) is 0 Å². The van der Waals surface area contributed by atoms with Gasteiger partial charge in [-0.15, -0.1) is 0 Å². The van der Waals surface area contributed by atoms with E-state index in [-0.39, 0.29) is 0 Å². The van der Waals surface area contributed by atoms with Gasteiger partial charge in [-0.25, -0.2) is 34.9 Å². The van der Waals surface area contributed by atoms with Crippen molar-refractivity contribution in [1.82, 2.24) is 49.8 Å². The van der Waals surface area contributed by atoms with Crippen LogP contribution >= 0.6 is 0 Å². The maximum absolute atomic E-state index is 5.14. The van der Waals surface area contributed by atoms with Gasteiger partial charge in [0.15, 0.2) is 0 Å². The van der Waals surface area contributed by atoms with Crippen LogP contribution in [0.15, 0.2) is 352 Å². The highest BCUT2D eigenvalue weighted by Gasteiger charge is 2.16. The Hall–Kier alpha value is -14.5. The summed E-state index contributed by atoms with van der Waals surface area (Å²) in [6.07, 6.45) is 5.49. The number of fused-ring (bicyclic) bond motifs is 12. The van der Waals surface area contributed by atoms with Gasteiger partial charge in [0.05, 0.1) is 95.0 Å². The Morgan fingerprint density at radius 3 is 0.764 bits per heavy atom. The van der Waals surface area contributed by atoms with Crippen LogP contribution in [-0.2, 0) is 0 Å². The predicted molar refractivity (Wildman–Crippen MR) is 435 cm³/mol. The summed E-state index contributed by atoms with van der Waals surface area (Å²) in [5.41, 5.74) is 27.9. The fourth-order valence-corrected chi connectivity index (χ4v) is 14.7. The summed E-state index contributed by atoms with van der Waals surface area (Å²) in [5, 5.41) is 10.9. The van der Waals surface area contributed by atoms with Gasteiger partial charge in [0, 0.05) is 111 Å². The van der Waals surface area contributed by atoms with Crippen LogP contribution in [0.5, 0.6) is 0 Å². The smallest absolute Gasteiger partial charge is 0.0972 e. The Morgan fingerprint density at radius 1 is 0.142 bits per heavy atom. The van der Waals surface area contributed by atoms with Crippen molar-refractivity contribution in [2.75, 3.05) is 0 Å². The summed E-state index contributed by atoms with van der Waals surface area (Å²) >= 11 is 0. The fourth-order valence-electron chi connectivity index (χ4n) is 14.7. The summed E-state index contributed by atoms with van der Waals surface area (Å²) in [5.74, 6) is 0. The van der Waals surface area contributed by atoms with E-state index in [2.05, 4.69) is 312 Å². The molecule has 11 aromatic carbocycles. The van der Waals surface area contributed by atoms with E-state index >= 15 is 0 Å². The molecule has 10 heterocycles. The van der Waals surface area contributed by atoms with Crippen LogP contribution in [0.1, 0.15) is 0 Å². The second-order valence-electron chi connectivity index (χ2n) is 26.7. The van der Waals surface area contributed by atoms with Crippen molar-refractivity contribution in [1.29, 1.82) is 0 Å². The summed E-state index contributed by atoms with van der Waals surface area (Å²) in [6.45, 7) is 0. The van der Waals surface area contributed by atoms with E-state index in [1.54, 1.807) is 0 Å². The van der Waals surface area contributed by atoms with Crippen molar-refractivity contribution in [3.63, 3.8) is 0 Å². The van der Waals surface area contributed by atoms with E-state index in [0.717, 1.165) is 210 Å². The van der Waals surface area contributed by atoms with Crippen LogP contribution in [0.25, 0.3) is 210 Å². The number of nitrogens with zero attached hydrogens (tertiary/aromatic N) is 10. The van der Waals surface area contributed by atoms with Gasteiger partial charge in [-0.2, -0.15) is 0 Å². The average molecular weight is 1350 g/mol. The van der Waals surface area contributed by atoms with Gasteiger partial charge in [0.25, 0.3) is 0 Å². The Kier molecular flexibility index (Phi) is 15.0. The van der Waals surface area contributed by atoms with Gasteiger partial charge in [0.1, 0.15) is 0 Å². The summed E-state index contributed by atoms with van der Waals surface area (Å²) in [7, 11) is 0. The Labute approximate surface area is 608 Å². The summed E-state index contributed by atoms with van der Waals surface area (Å²) in [4.78, 5) is 49.2. The lowest BCUT2D eigenvalue weighted by molar-refractivity contribution is 1.36. The van der Waals surface area contributed by atoms with E-state index in [1.807, 2.05) is 55.0 Å². The van der Waals surface area contributed by atoms with Crippen LogP contribution in [0.3, 0.4) is 0 Å². The first-order valence-electron chi connectivity index (χ1n) is 35.4. The second-order valence-corrected chi connectivity index (χ2v) is 26.7. The topological polar surface area (TPSA) is 129 Å². The highest BCUT2D eigenvalue weighted by Crippen LogP contribution is 2.37. The zero-order chi connectivity index (χ0) is 70.0. The normalized spacial score (nSPS) is 11.6. The molecule has 0 bridgehead atoms. The minimum absolute atomic E-state index is 0.904. The standard InChI is InChI=1S/C51H31N5.C45H27N5/c1-2-6-32(7-3-1)44-23-17-36-15-16-37-18-24-45(56-51(37)50(36)55-44)34-13-11-33(12-14-34)43-27-21-40-30-38(19-25-46(40)53-43)39-20-26-47-41(31-39)22-28-48(54-47)42-10-4-8-35-9-5-29-52-49(35)42;1-4-30-5-2-24-46-43(30)37(7-1)42-23-18-36-27-34(16-21-41(36)49-42)33-15-20-40-35(26-33)17-22-38(48-40)28-8-10-29(11-9-28)39-19-14-32-13-12-31-6-3-25-47-44(31)45(32)50-39/h1-31H;1-27H. The number of hydrogen-bond donors (Lipinski definition) is 0. The van der Waals surface area contributed by atoms with Crippen LogP contribution in [0.4, 0.5) is 0 Å². The van der Waals surface area contributed by atoms with Crippen molar-refractivity contribution in [3.05, 3.63) is 352 Å². The third-order valence-corrected chi connectivity index (χ3v) is 20.2. The molecule has 0 saturated heterocycles. The monoisotopic (exact) mass is 1350 g/mol. The minimum Gasteiger partial charge on any atom is -0.256 e. The van der Waals surface area contributed by atoms with Gasteiger partial charge in [0.2, 0.25) is 0 Å². The largest absolute Gasteiger partial charge is 0.256 e. The highest BCUT2D eigenvalue weighted by atomic mass is 14.8. The lowest BCUT2D eigenvalue weighted by Crippen LogP contribution is -1.91. The number of rotatable bonds is 9. The van der Waals surface area contributed by atoms with Crippen LogP contribution in [-0.4, -0.2) is 49.8 Å². The van der Waals surface area contributed by atoms with Gasteiger partial charge in [-0.3, -0.25) is 15.0 Å². The Bertz CT molecular complexity index is 7080. The van der Waals surface area contributed by atoms with Gasteiger partial charge in [-0.05, 0) is 131 Å². The molecule has 0 spiro atoms. The van der Waals surface area contributed by atoms with Crippen molar-refractivity contribution >= 4 is 109 Å². The average Bonchev–Trinajstić information content (AvgIpc) is 0.777. The lowest BCUT2D eigenvalue weighted by Gasteiger charge is -2.10. The molecule has 10 nitrogen and oxygen atoms in total. The summed E-state index contributed by atoms with van der Waals surface area (Å²) < 4.78 is 0. The van der Waals surface area contributed by atoms with Crippen LogP contribution in [0.2, 0.25) is 0 Å². The molecule has 21 aromatic rings. The van der Waals surface area contributed by atoms with Gasteiger partial charge in [-0.1, -0.05) is 224 Å². The highest BCUT2D eigenvalue weighted by molar-refractivity contribution is 6.06.